The van der Waals surface area contributed by atoms with Gasteiger partial charge in [-0.25, -0.2) is 0 Å². The van der Waals surface area contributed by atoms with Crippen LogP contribution in [-0.2, 0) is 11.3 Å². The lowest BCUT2D eigenvalue weighted by atomic mass is 10.1. The number of hydrogen-bond donors (Lipinski definition) is 1. The Labute approximate surface area is 111 Å². The van der Waals surface area contributed by atoms with Gasteiger partial charge in [0.05, 0.1) is 25.2 Å². The van der Waals surface area contributed by atoms with Crippen LogP contribution in [0.15, 0.2) is 23.0 Å². The second kappa shape index (κ2) is 10.2. The maximum atomic E-state index is 5.76. The lowest BCUT2D eigenvalue weighted by Crippen LogP contribution is -2.21. The Kier molecular flexibility index (Phi) is 8.61. The van der Waals surface area contributed by atoms with E-state index in [2.05, 4.69) is 19.2 Å². The summed E-state index contributed by atoms with van der Waals surface area (Å²) >= 11 is 0. The van der Waals surface area contributed by atoms with Gasteiger partial charge in [-0.15, -0.1) is 0 Å². The van der Waals surface area contributed by atoms with E-state index in [4.69, 9.17) is 9.15 Å². The Morgan fingerprint density at radius 3 is 2.94 bits per heavy atom. The minimum Gasteiger partial charge on any atom is -0.472 e. The molecule has 0 aliphatic carbocycles. The van der Waals surface area contributed by atoms with Crippen LogP contribution >= 0.6 is 0 Å². The van der Waals surface area contributed by atoms with Crippen LogP contribution in [0.5, 0.6) is 0 Å². The first-order chi connectivity index (χ1) is 8.83. The summed E-state index contributed by atoms with van der Waals surface area (Å²) in [6.45, 7) is 6.94. The summed E-state index contributed by atoms with van der Waals surface area (Å²) in [5, 5.41) is 3.33. The average Bonchev–Trinajstić information content (AvgIpc) is 2.87. The van der Waals surface area contributed by atoms with Crippen molar-refractivity contribution >= 4 is 0 Å². The summed E-state index contributed by atoms with van der Waals surface area (Å²) in [6.07, 6.45) is 10.3. The molecule has 1 atom stereocenters. The molecular weight excluding hydrogens is 226 g/mol. The number of nitrogens with one attached hydrogen (secondary N) is 1. The lowest BCUT2D eigenvalue weighted by molar-refractivity contribution is 0.0603. The highest BCUT2D eigenvalue weighted by Crippen LogP contribution is 2.07. The minimum absolute atomic E-state index is 0.387. The topological polar surface area (TPSA) is 34.4 Å². The molecule has 1 rings (SSSR count). The van der Waals surface area contributed by atoms with E-state index in [0.717, 1.165) is 19.7 Å². The number of hydrogen-bond acceptors (Lipinski definition) is 3. The summed E-state index contributed by atoms with van der Waals surface area (Å²) in [4.78, 5) is 0. The van der Waals surface area contributed by atoms with Crippen LogP contribution in [0.2, 0.25) is 0 Å². The van der Waals surface area contributed by atoms with Crippen molar-refractivity contribution < 1.29 is 9.15 Å². The van der Waals surface area contributed by atoms with Gasteiger partial charge in [0.2, 0.25) is 0 Å². The van der Waals surface area contributed by atoms with Crippen LogP contribution in [-0.4, -0.2) is 19.3 Å². The molecule has 0 fully saturated rings. The van der Waals surface area contributed by atoms with Crippen molar-refractivity contribution in [2.75, 3.05) is 13.2 Å². The first kappa shape index (κ1) is 15.3. The van der Waals surface area contributed by atoms with E-state index in [1.807, 2.05) is 6.07 Å². The predicted octanol–water partition coefficient (Wildman–Crippen LogP) is 3.74. The molecular formula is C15H27NO2. The fraction of sp³-hybridized carbons (Fsp3) is 0.733. The van der Waals surface area contributed by atoms with Gasteiger partial charge in [0, 0.05) is 18.7 Å². The van der Waals surface area contributed by atoms with Gasteiger partial charge in [-0.1, -0.05) is 32.6 Å². The zero-order valence-corrected chi connectivity index (χ0v) is 11.8. The molecule has 1 heterocycles. The fourth-order valence-corrected chi connectivity index (χ4v) is 1.90. The summed E-state index contributed by atoms with van der Waals surface area (Å²) in [5.74, 6) is 0. The molecule has 18 heavy (non-hydrogen) atoms. The fourth-order valence-electron chi connectivity index (χ4n) is 1.90. The van der Waals surface area contributed by atoms with Gasteiger partial charge in [0.15, 0.2) is 0 Å². The van der Waals surface area contributed by atoms with E-state index in [1.165, 1.54) is 37.7 Å². The van der Waals surface area contributed by atoms with Crippen molar-refractivity contribution in [1.82, 2.24) is 5.32 Å². The van der Waals surface area contributed by atoms with E-state index in [0.29, 0.717) is 6.10 Å². The summed E-state index contributed by atoms with van der Waals surface area (Å²) in [6, 6.07) is 1.98. The number of unbranched alkanes of at least 4 members (excludes halogenated alkanes) is 3. The number of furan rings is 1. The van der Waals surface area contributed by atoms with Crippen LogP contribution in [0, 0.1) is 0 Å². The van der Waals surface area contributed by atoms with Crippen molar-refractivity contribution in [3.8, 4) is 0 Å². The largest absolute Gasteiger partial charge is 0.472 e. The third-order valence-electron chi connectivity index (χ3n) is 3.05. The van der Waals surface area contributed by atoms with Crippen LogP contribution in [0.3, 0.4) is 0 Å². The van der Waals surface area contributed by atoms with Gasteiger partial charge in [0.25, 0.3) is 0 Å². The van der Waals surface area contributed by atoms with Crippen molar-refractivity contribution in [3.63, 3.8) is 0 Å². The van der Waals surface area contributed by atoms with Crippen molar-refractivity contribution in [1.29, 1.82) is 0 Å². The highest BCUT2D eigenvalue weighted by molar-refractivity contribution is 5.04. The second-order valence-corrected chi connectivity index (χ2v) is 4.84. The van der Waals surface area contributed by atoms with Gasteiger partial charge in [0.1, 0.15) is 0 Å². The molecule has 0 spiro atoms. The number of rotatable bonds is 11. The predicted molar refractivity (Wildman–Crippen MR) is 74.6 cm³/mol. The highest BCUT2D eigenvalue weighted by Gasteiger charge is 2.01. The highest BCUT2D eigenvalue weighted by atomic mass is 16.5. The van der Waals surface area contributed by atoms with E-state index in [-0.39, 0.29) is 0 Å². The van der Waals surface area contributed by atoms with Gasteiger partial charge in [-0.3, -0.25) is 0 Å². The van der Waals surface area contributed by atoms with E-state index >= 15 is 0 Å². The van der Waals surface area contributed by atoms with E-state index in [1.54, 1.807) is 12.5 Å². The SMILES string of the molecule is CCCCCCC(C)OCCNCc1ccoc1. The van der Waals surface area contributed by atoms with E-state index in [9.17, 15) is 0 Å². The Balaban J connectivity index is 1.87. The molecule has 3 heteroatoms. The van der Waals surface area contributed by atoms with Crippen LogP contribution in [0.4, 0.5) is 0 Å². The Hall–Kier alpha value is -0.800. The molecule has 1 aromatic rings. The van der Waals surface area contributed by atoms with Gasteiger partial charge in [-0.05, 0) is 19.4 Å². The summed E-state index contributed by atoms with van der Waals surface area (Å²) in [5.41, 5.74) is 1.18. The van der Waals surface area contributed by atoms with Gasteiger partial charge >= 0.3 is 0 Å². The summed E-state index contributed by atoms with van der Waals surface area (Å²) < 4.78 is 10.8. The molecule has 0 radical (unpaired) electrons. The molecule has 1 N–H and O–H groups in total. The standard InChI is InChI=1S/C15H27NO2/c1-3-4-5-6-7-14(2)18-11-9-16-12-15-8-10-17-13-15/h8,10,13-14,16H,3-7,9,11-12H2,1-2H3. The monoisotopic (exact) mass is 253 g/mol. The Morgan fingerprint density at radius 1 is 1.33 bits per heavy atom. The molecule has 0 saturated heterocycles. The van der Waals surface area contributed by atoms with Crippen molar-refractivity contribution in [2.24, 2.45) is 0 Å². The normalized spacial score (nSPS) is 12.8. The molecule has 1 aromatic heterocycles. The van der Waals surface area contributed by atoms with Crippen molar-refractivity contribution in [3.05, 3.63) is 24.2 Å². The average molecular weight is 253 g/mol. The first-order valence-electron chi connectivity index (χ1n) is 7.16. The molecule has 0 amide bonds. The molecule has 0 aliphatic heterocycles. The first-order valence-corrected chi connectivity index (χ1v) is 7.16. The zero-order chi connectivity index (χ0) is 13.1. The zero-order valence-electron chi connectivity index (χ0n) is 11.8. The third-order valence-corrected chi connectivity index (χ3v) is 3.05. The van der Waals surface area contributed by atoms with Crippen LogP contribution < -0.4 is 5.32 Å². The lowest BCUT2D eigenvalue weighted by Gasteiger charge is -2.13. The minimum atomic E-state index is 0.387. The molecule has 0 saturated carbocycles. The maximum absolute atomic E-state index is 5.76. The van der Waals surface area contributed by atoms with Crippen LogP contribution in [0.25, 0.3) is 0 Å². The van der Waals surface area contributed by atoms with Crippen molar-refractivity contribution in [2.45, 2.75) is 58.6 Å². The molecule has 1 unspecified atom stereocenters. The summed E-state index contributed by atoms with van der Waals surface area (Å²) in [7, 11) is 0. The quantitative estimate of drug-likeness (QED) is 0.610. The Bertz CT molecular complexity index is 272. The smallest absolute Gasteiger partial charge is 0.0947 e. The molecule has 3 nitrogen and oxygen atoms in total. The third kappa shape index (κ3) is 7.51. The number of ether oxygens (including phenoxy) is 1. The van der Waals surface area contributed by atoms with Gasteiger partial charge < -0.3 is 14.5 Å². The maximum Gasteiger partial charge on any atom is 0.0947 e. The Morgan fingerprint density at radius 2 is 2.22 bits per heavy atom. The molecule has 0 aromatic carbocycles. The second-order valence-electron chi connectivity index (χ2n) is 4.84. The molecule has 0 aliphatic rings. The molecule has 104 valence electrons. The van der Waals surface area contributed by atoms with Gasteiger partial charge in [-0.2, -0.15) is 0 Å². The van der Waals surface area contributed by atoms with E-state index < -0.39 is 0 Å². The molecule has 0 bridgehead atoms. The van der Waals surface area contributed by atoms with Crippen LogP contribution in [0.1, 0.15) is 51.5 Å².